The molecule has 0 saturated heterocycles. The maximum atomic E-state index is 8.76. The molecule has 0 amide bonds. The first kappa shape index (κ1) is 14.1. The summed E-state index contributed by atoms with van der Waals surface area (Å²) in [6.45, 7) is 6.67. The van der Waals surface area contributed by atoms with Gasteiger partial charge in [-0.2, -0.15) is 5.26 Å². The van der Waals surface area contributed by atoms with E-state index >= 15 is 0 Å². The van der Waals surface area contributed by atoms with Crippen molar-refractivity contribution in [2.75, 3.05) is 0 Å². The van der Waals surface area contributed by atoms with Gasteiger partial charge >= 0.3 is 0 Å². The first-order chi connectivity index (χ1) is 9.55. The number of rotatable bonds is 4. The molecule has 102 valence electrons. The van der Waals surface area contributed by atoms with Crippen molar-refractivity contribution in [3.63, 3.8) is 0 Å². The van der Waals surface area contributed by atoms with E-state index in [1.807, 2.05) is 24.3 Å². The number of nitrogens with zero attached hydrogens (tertiary/aromatic N) is 1. The molecule has 2 nitrogen and oxygen atoms in total. The number of benzene rings is 2. The molecule has 0 aliphatic carbocycles. The van der Waals surface area contributed by atoms with Crippen LogP contribution in [0.4, 0.5) is 0 Å². The summed E-state index contributed by atoms with van der Waals surface area (Å²) in [4.78, 5) is 0. The van der Waals surface area contributed by atoms with E-state index in [1.54, 1.807) is 12.1 Å². The second-order valence-electron chi connectivity index (χ2n) is 5.50. The Morgan fingerprint density at radius 1 is 0.950 bits per heavy atom. The molecule has 0 N–H and O–H groups in total. The lowest BCUT2D eigenvalue weighted by Gasteiger charge is -2.23. The normalized spacial score (nSPS) is 10.9. The van der Waals surface area contributed by atoms with Gasteiger partial charge in [0, 0.05) is 0 Å². The first-order valence-corrected chi connectivity index (χ1v) is 6.84. The van der Waals surface area contributed by atoms with Crippen LogP contribution in [0, 0.1) is 11.3 Å². The molecule has 0 heterocycles. The van der Waals surface area contributed by atoms with E-state index in [9.17, 15) is 0 Å². The Kier molecular flexibility index (Phi) is 4.10. The zero-order valence-electron chi connectivity index (χ0n) is 12.2. The summed E-state index contributed by atoms with van der Waals surface area (Å²) < 4.78 is 5.77. The van der Waals surface area contributed by atoms with E-state index in [-0.39, 0.29) is 5.41 Å². The van der Waals surface area contributed by atoms with E-state index in [4.69, 9.17) is 10.00 Å². The van der Waals surface area contributed by atoms with Crippen LogP contribution in [0.25, 0.3) is 0 Å². The molecule has 0 bridgehead atoms. The monoisotopic (exact) mass is 265 g/mol. The van der Waals surface area contributed by atoms with Gasteiger partial charge in [-0.25, -0.2) is 0 Å². The largest absolute Gasteiger partial charge is 0.457 e. The zero-order valence-corrected chi connectivity index (χ0v) is 12.2. The summed E-state index contributed by atoms with van der Waals surface area (Å²) in [5.74, 6) is 1.55. The Morgan fingerprint density at radius 3 is 1.90 bits per heavy atom. The summed E-state index contributed by atoms with van der Waals surface area (Å²) in [7, 11) is 0. The van der Waals surface area contributed by atoms with Crippen molar-refractivity contribution in [1.29, 1.82) is 5.26 Å². The van der Waals surface area contributed by atoms with Crippen LogP contribution in [0.3, 0.4) is 0 Å². The molecule has 20 heavy (non-hydrogen) atoms. The molecule has 0 spiro atoms. The van der Waals surface area contributed by atoms with E-state index < -0.39 is 0 Å². The summed E-state index contributed by atoms with van der Waals surface area (Å²) >= 11 is 0. The third-order valence-corrected chi connectivity index (χ3v) is 3.74. The van der Waals surface area contributed by atoms with Crippen LogP contribution in [-0.4, -0.2) is 0 Å². The molecule has 2 rings (SSSR count). The van der Waals surface area contributed by atoms with Crippen LogP contribution >= 0.6 is 0 Å². The summed E-state index contributed by atoms with van der Waals surface area (Å²) in [5.41, 5.74) is 2.14. The molecule has 0 saturated carbocycles. The van der Waals surface area contributed by atoms with Crippen molar-refractivity contribution in [3.8, 4) is 17.6 Å². The molecule has 0 aliphatic heterocycles. The van der Waals surface area contributed by atoms with E-state index in [2.05, 4.69) is 39.0 Å². The van der Waals surface area contributed by atoms with Crippen molar-refractivity contribution < 1.29 is 4.74 Å². The fourth-order valence-corrected chi connectivity index (χ4v) is 1.91. The molecule has 0 aliphatic rings. The highest BCUT2D eigenvalue weighted by Gasteiger charge is 2.17. The van der Waals surface area contributed by atoms with E-state index in [1.165, 1.54) is 5.56 Å². The lowest BCUT2D eigenvalue weighted by Crippen LogP contribution is -2.14. The highest BCUT2D eigenvalue weighted by atomic mass is 16.5. The molecule has 0 radical (unpaired) electrons. The fourth-order valence-electron chi connectivity index (χ4n) is 1.91. The summed E-state index contributed by atoms with van der Waals surface area (Å²) in [6, 6.07) is 17.4. The Bertz CT molecular complexity index is 603. The molecule has 0 atom stereocenters. The number of ether oxygens (including phenoxy) is 1. The summed E-state index contributed by atoms with van der Waals surface area (Å²) in [6.07, 6.45) is 1.10. The highest BCUT2D eigenvalue weighted by Crippen LogP contribution is 2.29. The van der Waals surface area contributed by atoms with Crippen LogP contribution in [0.1, 0.15) is 38.3 Å². The van der Waals surface area contributed by atoms with Gasteiger partial charge in [0.25, 0.3) is 0 Å². The number of hydrogen-bond donors (Lipinski definition) is 0. The Hall–Kier alpha value is -2.27. The predicted molar refractivity (Wildman–Crippen MR) is 81.0 cm³/mol. The van der Waals surface area contributed by atoms with Gasteiger partial charge in [-0.15, -0.1) is 0 Å². The second-order valence-corrected chi connectivity index (χ2v) is 5.50. The minimum absolute atomic E-state index is 0.187. The van der Waals surface area contributed by atoms with Crippen molar-refractivity contribution in [3.05, 3.63) is 59.7 Å². The Balaban J connectivity index is 2.12. The second kappa shape index (κ2) is 5.79. The Morgan fingerprint density at radius 2 is 1.45 bits per heavy atom. The molecule has 2 aromatic rings. The zero-order chi connectivity index (χ0) is 14.6. The smallest absolute Gasteiger partial charge is 0.127 e. The van der Waals surface area contributed by atoms with Crippen molar-refractivity contribution >= 4 is 0 Å². The maximum Gasteiger partial charge on any atom is 0.127 e. The molecule has 0 fully saturated rings. The molecular weight excluding hydrogens is 246 g/mol. The number of nitriles is 1. The van der Waals surface area contributed by atoms with Crippen molar-refractivity contribution in [2.45, 2.75) is 32.6 Å². The van der Waals surface area contributed by atoms with Crippen molar-refractivity contribution in [2.24, 2.45) is 0 Å². The van der Waals surface area contributed by atoms with Gasteiger partial charge in [-0.1, -0.05) is 32.9 Å². The van der Waals surface area contributed by atoms with Gasteiger partial charge < -0.3 is 4.74 Å². The highest BCUT2D eigenvalue weighted by molar-refractivity contribution is 5.38. The van der Waals surface area contributed by atoms with E-state index in [0.717, 1.165) is 17.9 Å². The maximum absolute atomic E-state index is 8.76. The molecule has 2 heteroatoms. The fraction of sp³-hybridized carbons (Fsp3) is 0.278. The van der Waals surface area contributed by atoms with Gasteiger partial charge in [-0.05, 0) is 53.8 Å². The summed E-state index contributed by atoms with van der Waals surface area (Å²) in [5, 5.41) is 8.76. The predicted octanol–water partition coefficient (Wildman–Crippen LogP) is 5.04. The third kappa shape index (κ3) is 3.19. The van der Waals surface area contributed by atoms with Gasteiger partial charge in [0.1, 0.15) is 11.5 Å². The molecule has 0 aromatic heterocycles. The minimum atomic E-state index is 0.187. The van der Waals surface area contributed by atoms with E-state index in [0.29, 0.717) is 5.56 Å². The molecule has 0 unspecified atom stereocenters. The lowest BCUT2D eigenvalue weighted by atomic mass is 9.82. The van der Waals surface area contributed by atoms with Crippen LogP contribution in [0.2, 0.25) is 0 Å². The minimum Gasteiger partial charge on any atom is -0.457 e. The van der Waals surface area contributed by atoms with Gasteiger partial charge in [0.2, 0.25) is 0 Å². The van der Waals surface area contributed by atoms with Gasteiger partial charge in [0.15, 0.2) is 0 Å². The topological polar surface area (TPSA) is 33.0 Å². The quantitative estimate of drug-likeness (QED) is 0.776. The Labute approximate surface area is 120 Å². The van der Waals surface area contributed by atoms with Crippen LogP contribution in [-0.2, 0) is 5.41 Å². The third-order valence-electron chi connectivity index (χ3n) is 3.74. The first-order valence-electron chi connectivity index (χ1n) is 6.84. The average Bonchev–Trinajstić information content (AvgIpc) is 2.48. The van der Waals surface area contributed by atoms with Crippen molar-refractivity contribution in [1.82, 2.24) is 0 Å². The van der Waals surface area contributed by atoms with Gasteiger partial charge in [0.05, 0.1) is 11.6 Å². The standard InChI is InChI=1S/C18H19NO/c1-4-18(2,3)15-7-11-17(12-8-15)20-16-9-5-14(13-19)6-10-16/h5-12H,4H2,1-3H3. The molecule has 2 aromatic carbocycles. The van der Waals surface area contributed by atoms with Crippen LogP contribution in [0.15, 0.2) is 48.5 Å². The number of hydrogen-bond acceptors (Lipinski definition) is 2. The molecular formula is C18H19NO. The SMILES string of the molecule is CCC(C)(C)c1ccc(Oc2ccc(C#N)cc2)cc1. The van der Waals surface area contributed by atoms with Gasteiger partial charge in [-0.3, -0.25) is 0 Å². The average molecular weight is 265 g/mol. The lowest BCUT2D eigenvalue weighted by molar-refractivity contribution is 0.478. The van der Waals surface area contributed by atoms with Crippen LogP contribution < -0.4 is 4.74 Å². The van der Waals surface area contributed by atoms with Crippen LogP contribution in [0.5, 0.6) is 11.5 Å².